The standard InChI is InChI=1S/C16H21NO5S/c1-23(2)11-13(18)8-9-14(15(19)20)17-16(21)22-10-12-6-4-3-5-7-12/h3-7,14H,8-11H2,1-2H3,(H-,17,19,20,21)/t14-/m0/s1. The van der Waals surface area contributed by atoms with Gasteiger partial charge in [0.05, 0.1) is 24.5 Å². The van der Waals surface area contributed by atoms with Crippen molar-refractivity contribution in [3.8, 4) is 0 Å². The SMILES string of the molecule is C[S+](C)CC(=O)CC[C@H](NC(=O)OCc1ccccc1)C(=O)[O-]. The maximum atomic E-state index is 11.6. The molecule has 0 spiro atoms. The van der Waals surface area contributed by atoms with Crippen molar-refractivity contribution < 1.29 is 24.2 Å². The number of nitrogens with one attached hydrogen (secondary N) is 1. The van der Waals surface area contributed by atoms with Crippen molar-refractivity contribution in [1.82, 2.24) is 5.32 Å². The fraction of sp³-hybridized carbons (Fsp3) is 0.438. The molecule has 0 aliphatic carbocycles. The fourth-order valence-electron chi connectivity index (χ4n) is 1.86. The van der Waals surface area contributed by atoms with Gasteiger partial charge in [0, 0.05) is 6.42 Å². The molecule has 1 atom stereocenters. The summed E-state index contributed by atoms with van der Waals surface area (Å²) in [6.45, 7) is 0.0415. The number of carbonyl (C=O) groups excluding carboxylic acids is 3. The molecule has 0 heterocycles. The maximum absolute atomic E-state index is 11.6. The fourth-order valence-corrected chi connectivity index (χ4v) is 2.64. The van der Waals surface area contributed by atoms with E-state index in [0.717, 1.165) is 5.56 Å². The highest BCUT2D eigenvalue weighted by Crippen LogP contribution is 2.03. The molecule has 1 rings (SSSR count). The van der Waals surface area contributed by atoms with Crippen LogP contribution < -0.4 is 10.4 Å². The summed E-state index contributed by atoms with van der Waals surface area (Å²) in [5.41, 5.74) is 0.792. The largest absolute Gasteiger partial charge is 0.548 e. The van der Waals surface area contributed by atoms with E-state index in [1.165, 1.54) is 0 Å². The van der Waals surface area contributed by atoms with Crippen LogP contribution in [-0.4, -0.2) is 42.2 Å². The summed E-state index contributed by atoms with van der Waals surface area (Å²) in [6, 6.07) is 7.79. The Kier molecular flexibility index (Phi) is 8.18. The number of hydrogen-bond acceptors (Lipinski definition) is 5. The van der Waals surface area contributed by atoms with Gasteiger partial charge in [0.25, 0.3) is 0 Å². The first-order valence-corrected chi connectivity index (χ1v) is 9.33. The van der Waals surface area contributed by atoms with Crippen LogP contribution in [0.3, 0.4) is 0 Å². The first kappa shape index (κ1) is 19.0. The van der Waals surface area contributed by atoms with Gasteiger partial charge < -0.3 is 20.0 Å². The summed E-state index contributed by atoms with van der Waals surface area (Å²) in [5, 5.41) is 13.3. The van der Waals surface area contributed by atoms with Crippen LogP contribution >= 0.6 is 0 Å². The Bertz CT molecular complexity index is 533. The number of carboxylic acids is 1. The molecule has 7 heteroatoms. The average molecular weight is 339 g/mol. The van der Waals surface area contributed by atoms with E-state index < -0.39 is 18.1 Å². The molecule has 1 N–H and O–H groups in total. The van der Waals surface area contributed by atoms with Gasteiger partial charge in [-0.15, -0.1) is 0 Å². The minimum Gasteiger partial charge on any atom is -0.548 e. The maximum Gasteiger partial charge on any atom is 0.407 e. The predicted molar refractivity (Wildman–Crippen MR) is 86.9 cm³/mol. The van der Waals surface area contributed by atoms with Gasteiger partial charge in [0.1, 0.15) is 6.61 Å². The summed E-state index contributed by atoms with van der Waals surface area (Å²) < 4.78 is 4.96. The van der Waals surface area contributed by atoms with Crippen LogP contribution in [0.1, 0.15) is 18.4 Å². The van der Waals surface area contributed by atoms with Gasteiger partial charge in [0.15, 0.2) is 11.5 Å². The highest BCUT2D eigenvalue weighted by atomic mass is 32.2. The highest BCUT2D eigenvalue weighted by Gasteiger charge is 2.18. The molecular formula is C16H21NO5S. The topological polar surface area (TPSA) is 95.5 Å². The number of ether oxygens (including phenoxy) is 1. The summed E-state index contributed by atoms with van der Waals surface area (Å²) >= 11 is 0. The molecule has 0 bridgehead atoms. The van der Waals surface area contributed by atoms with Crippen LogP contribution in [0.2, 0.25) is 0 Å². The normalized spacial score (nSPS) is 11.8. The van der Waals surface area contributed by atoms with Gasteiger partial charge in [-0.25, -0.2) is 4.79 Å². The predicted octanol–water partition coefficient (Wildman–Crippen LogP) is 0.259. The van der Waals surface area contributed by atoms with Crippen LogP contribution in [0.4, 0.5) is 4.79 Å². The number of benzene rings is 1. The molecule has 1 aromatic carbocycles. The molecule has 0 aromatic heterocycles. The molecule has 126 valence electrons. The molecule has 23 heavy (non-hydrogen) atoms. The summed E-state index contributed by atoms with van der Waals surface area (Å²) in [6.07, 6.45) is 3.11. The van der Waals surface area contributed by atoms with E-state index in [1.54, 1.807) is 12.1 Å². The number of Topliss-reactive ketones (excluding diaryl/α,β-unsaturated/α-hetero) is 1. The molecule has 6 nitrogen and oxygen atoms in total. The van der Waals surface area contributed by atoms with Crippen LogP contribution in [0.25, 0.3) is 0 Å². The lowest BCUT2D eigenvalue weighted by molar-refractivity contribution is -0.308. The Morgan fingerprint density at radius 2 is 1.87 bits per heavy atom. The van der Waals surface area contributed by atoms with E-state index >= 15 is 0 Å². The quantitative estimate of drug-likeness (QED) is 0.651. The molecule has 0 aliphatic heterocycles. The zero-order valence-electron chi connectivity index (χ0n) is 13.2. The molecule has 1 amide bonds. The van der Waals surface area contributed by atoms with Gasteiger partial charge in [-0.3, -0.25) is 4.79 Å². The van der Waals surface area contributed by atoms with Gasteiger partial charge in [0.2, 0.25) is 0 Å². The number of carbonyl (C=O) groups is 3. The lowest BCUT2D eigenvalue weighted by Crippen LogP contribution is -2.48. The van der Waals surface area contributed by atoms with E-state index in [0.29, 0.717) is 5.75 Å². The van der Waals surface area contributed by atoms with Crippen molar-refractivity contribution in [2.45, 2.75) is 25.5 Å². The number of hydrogen-bond donors (Lipinski definition) is 1. The van der Waals surface area contributed by atoms with Crippen molar-refractivity contribution in [3.63, 3.8) is 0 Å². The minimum absolute atomic E-state index is 0.00119. The molecule has 0 aliphatic rings. The minimum atomic E-state index is -1.43. The number of ketones is 1. The van der Waals surface area contributed by atoms with Gasteiger partial charge in [-0.05, 0) is 22.9 Å². The van der Waals surface area contributed by atoms with Crippen molar-refractivity contribution >= 4 is 28.7 Å². The second-order valence-electron chi connectivity index (χ2n) is 5.28. The van der Waals surface area contributed by atoms with Gasteiger partial charge in [-0.1, -0.05) is 30.3 Å². The van der Waals surface area contributed by atoms with Crippen molar-refractivity contribution in [3.05, 3.63) is 35.9 Å². The first-order chi connectivity index (χ1) is 10.9. The Morgan fingerprint density at radius 1 is 1.22 bits per heavy atom. The smallest absolute Gasteiger partial charge is 0.407 e. The number of aliphatic carboxylic acids is 1. The Hall–Kier alpha value is -2.02. The number of carboxylic acid groups (broad SMARTS) is 1. The third kappa shape index (κ3) is 8.25. The Morgan fingerprint density at radius 3 is 2.43 bits per heavy atom. The van der Waals surface area contributed by atoms with E-state index in [9.17, 15) is 19.5 Å². The van der Waals surface area contributed by atoms with E-state index in [4.69, 9.17) is 4.74 Å². The third-order valence-corrected chi connectivity index (χ3v) is 3.85. The molecule has 0 radical (unpaired) electrons. The number of alkyl carbamates (subject to hydrolysis) is 1. The number of amides is 1. The Labute approximate surface area is 138 Å². The van der Waals surface area contributed by atoms with Gasteiger partial charge >= 0.3 is 6.09 Å². The summed E-state index contributed by atoms with van der Waals surface area (Å²) in [4.78, 5) is 34.3. The molecular weight excluding hydrogens is 318 g/mol. The van der Waals surface area contributed by atoms with E-state index in [2.05, 4.69) is 5.32 Å². The average Bonchev–Trinajstić information content (AvgIpc) is 2.49. The number of rotatable bonds is 9. The van der Waals surface area contributed by atoms with Crippen LogP contribution in [0.15, 0.2) is 30.3 Å². The zero-order valence-corrected chi connectivity index (χ0v) is 14.1. The molecule has 0 fully saturated rings. The van der Waals surface area contributed by atoms with Crippen molar-refractivity contribution in [2.24, 2.45) is 0 Å². The Balaban J connectivity index is 2.41. The van der Waals surface area contributed by atoms with Crippen molar-refractivity contribution in [2.75, 3.05) is 18.3 Å². The van der Waals surface area contributed by atoms with E-state index in [1.807, 2.05) is 30.7 Å². The lowest BCUT2D eigenvalue weighted by Gasteiger charge is -2.19. The van der Waals surface area contributed by atoms with Gasteiger partial charge in [-0.2, -0.15) is 0 Å². The molecule has 1 aromatic rings. The summed E-state index contributed by atoms with van der Waals surface area (Å²) in [5.74, 6) is -1.04. The monoisotopic (exact) mass is 339 g/mol. The third-order valence-electron chi connectivity index (χ3n) is 2.95. The van der Waals surface area contributed by atoms with Crippen LogP contribution in [0, 0.1) is 0 Å². The second kappa shape index (κ2) is 9.89. The molecule has 0 saturated heterocycles. The molecule has 0 unspecified atom stereocenters. The van der Waals surface area contributed by atoms with E-state index in [-0.39, 0.29) is 36.1 Å². The summed E-state index contributed by atoms with van der Waals surface area (Å²) in [7, 11) is -0.0307. The van der Waals surface area contributed by atoms with Crippen LogP contribution in [-0.2, 0) is 31.8 Å². The zero-order chi connectivity index (χ0) is 17.2. The first-order valence-electron chi connectivity index (χ1n) is 7.12. The molecule has 0 saturated carbocycles. The lowest BCUT2D eigenvalue weighted by atomic mass is 10.1. The second-order valence-corrected chi connectivity index (χ2v) is 7.54. The highest BCUT2D eigenvalue weighted by molar-refractivity contribution is 7.96. The van der Waals surface area contributed by atoms with Crippen molar-refractivity contribution in [1.29, 1.82) is 0 Å². The van der Waals surface area contributed by atoms with Crippen LogP contribution in [0.5, 0.6) is 0 Å².